The Morgan fingerprint density at radius 1 is 1.18 bits per heavy atom. The first-order chi connectivity index (χ1) is 8.03. The van der Waals surface area contributed by atoms with Crippen molar-refractivity contribution < 1.29 is 0 Å². The van der Waals surface area contributed by atoms with Gasteiger partial charge in [-0.05, 0) is 33.6 Å². The minimum Gasteiger partial charge on any atom is -0.365 e. The lowest BCUT2D eigenvalue weighted by atomic mass is 10.1. The number of nitrogens with zero attached hydrogens (tertiary/aromatic N) is 2. The Morgan fingerprint density at radius 2 is 1.94 bits per heavy atom. The molecule has 0 atom stereocenters. The summed E-state index contributed by atoms with van der Waals surface area (Å²) >= 11 is 0. The molecule has 1 aliphatic heterocycles. The van der Waals surface area contributed by atoms with Gasteiger partial charge in [-0.3, -0.25) is 0 Å². The molecule has 3 rings (SSSR count). The van der Waals surface area contributed by atoms with Gasteiger partial charge in [0.25, 0.3) is 0 Å². The zero-order valence-electron chi connectivity index (χ0n) is 10.8. The van der Waals surface area contributed by atoms with Crippen LogP contribution in [0, 0.1) is 0 Å². The third-order valence-corrected chi connectivity index (χ3v) is 3.14. The van der Waals surface area contributed by atoms with Gasteiger partial charge in [0, 0.05) is 30.1 Å². The lowest BCUT2D eigenvalue weighted by Crippen LogP contribution is -2.28. The molecule has 0 aromatic carbocycles. The Labute approximate surface area is 102 Å². The van der Waals surface area contributed by atoms with E-state index in [0.717, 1.165) is 24.7 Å². The van der Waals surface area contributed by atoms with Crippen LogP contribution in [0.15, 0.2) is 0 Å². The van der Waals surface area contributed by atoms with Gasteiger partial charge in [-0.2, -0.15) is 0 Å². The van der Waals surface area contributed by atoms with Gasteiger partial charge in [0.1, 0.15) is 11.6 Å². The second-order valence-electron chi connectivity index (χ2n) is 6.11. The van der Waals surface area contributed by atoms with Gasteiger partial charge in [0.2, 0.25) is 0 Å². The van der Waals surface area contributed by atoms with E-state index >= 15 is 0 Å². The summed E-state index contributed by atoms with van der Waals surface area (Å²) in [6.45, 7) is 8.27. The van der Waals surface area contributed by atoms with Crippen LogP contribution in [0.1, 0.15) is 56.6 Å². The molecule has 92 valence electrons. The van der Waals surface area contributed by atoms with E-state index in [1.54, 1.807) is 0 Å². The predicted octanol–water partition coefficient (Wildman–Crippen LogP) is 2.17. The number of anilines is 1. The third kappa shape index (κ3) is 2.27. The topological polar surface area (TPSA) is 49.8 Å². The predicted molar refractivity (Wildman–Crippen MR) is 67.9 cm³/mol. The van der Waals surface area contributed by atoms with Crippen LogP contribution in [-0.2, 0) is 13.1 Å². The summed E-state index contributed by atoms with van der Waals surface area (Å²) in [6.07, 6.45) is 2.50. The normalized spacial score (nSPS) is 19.2. The summed E-state index contributed by atoms with van der Waals surface area (Å²) in [5.74, 6) is 2.69. The summed E-state index contributed by atoms with van der Waals surface area (Å²) in [5.41, 5.74) is 2.49. The van der Waals surface area contributed by atoms with E-state index in [2.05, 4.69) is 31.4 Å². The van der Waals surface area contributed by atoms with Crippen molar-refractivity contribution in [1.82, 2.24) is 15.3 Å². The monoisotopic (exact) mass is 232 g/mol. The van der Waals surface area contributed by atoms with Crippen LogP contribution >= 0.6 is 0 Å². The third-order valence-electron chi connectivity index (χ3n) is 3.14. The Morgan fingerprint density at radius 3 is 2.59 bits per heavy atom. The fraction of sp³-hybridized carbons (Fsp3) is 0.692. The Hall–Kier alpha value is -1.16. The summed E-state index contributed by atoms with van der Waals surface area (Å²) in [6, 6.07) is 0. The Kier molecular flexibility index (Phi) is 2.36. The van der Waals surface area contributed by atoms with E-state index < -0.39 is 0 Å². The molecule has 0 unspecified atom stereocenters. The molecule has 17 heavy (non-hydrogen) atoms. The molecule has 4 nitrogen and oxygen atoms in total. The van der Waals surface area contributed by atoms with Crippen LogP contribution in [-0.4, -0.2) is 15.5 Å². The summed E-state index contributed by atoms with van der Waals surface area (Å²) < 4.78 is 0. The molecule has 2 aliphatic rings. The standard InChI is InChI=1S/C13H20N4/c1-13(2,3)17-12-9-6-14-7-10(9)15-11(16-12)8-4-5-8/h8,14H,4-7H2,1-3H3,(H,15,16,17). The number of aromatic nitrogens is 2. The maximum Gasteiger partial charge on any atom is 0.134 e. The first kappa shape index (κ1) is 11.0. The average Bonchev–Trinajstić information content (AvgIpc) is 2.95. The Bertz CT molecular complexity index is 443. The van der Waals surface area contributed by atoms with E-state index in [-0.39, 0.29) is 5.54 Å². The number of hydrogen-bond acceptors (Lipinski definition) is 4. The van der Waals surface area contributed by atoms with Crippen molar-refractivity contribution in [2.24, 2.45) is 0 Å². The van der Waals surface area contributed by atoms with Gasteiger partial charge in [0.05, 0.1) is 5.69 Å². The average molecular weight is 232 g/mol. The summed E-state index contributed by atoms with van der Waals surface area (Å²) in [5, 5.41) is 6.87. The molecule has 1 aliphatic carbocycles. The van der Waals surface area contributed by atoms with Gasteiger partial charge in [-0.25, -0.2) is 9.97 Å². The molecule has 0 saturated heterocycles. The maximum absolute atomic E-state index is 4.73. The molecule has 1 fully saturated rings. The van der Waals surface area contributed by atoms with Crippen molar-refractivity contribution in [1.29, 1.82) is 0 Å². The molecule has 0 amide bonds. The smallest absolute Gasteiger partial charge is 0.134 e. The van der Waals surface area contributed by atoms with Crippen LogP contribution < -0.4 is 10.6 Å². The molecule has 2 heterocycles. The molecule has 1 aromatic heterocycles. The molecule has 0 bridgehead atoms. The summed E-state index contributed by atoms with van der Waals surface area (Å²) in [7, 11) is 0. The number of hydrogen-bond donors (Lipinski definition) is 2. The van der Waals surface area contributed by atoms with E-state index in [0.29, 0.717) is 5.92 Å². The molecule has 0 spiro atoms. The summed E-state index contributed by atoms with van der Waals surface area (Å²) in [4.78, 5) is 9.42. The molecule has 4 heteroatoms. The van der Waals surface area contributed by atoms with Crippen molar-refractivity contribution in [3.63, 3.8) is 0 Å². The van der Waals surface area contributed by atoms with Gasteiger partial charge < -0.3 is 10.6 Å². The van der Waals surface area contributed by atoms with E-state index in [1.165, 1.54) is 24.1 Å². The molecular formula is C13H20N4. The first-order valence-electron chi connectivity index (χ1n) is 6.41. The van der Waals surface area contributed by atoms with Gasteiger partial charge in [-0.1, -0.05) is 0 Å². The lowest BCUT2D eigenvalue weighted by Gasteiger charge is -2.23. The first-order valence-corrected chi connectivity index (χ1v) is 6.41. The zero-order valence-corrected chi connectivity index (χ0v) is 10.8. The van der Waals surface area contributed by atoms with Crippen LogP contribution in [0.3, 0.4) is 0 Å². The largest absolute Gasteiger partial charge is 0.365 e. The Balaban J connectivity index is 1.99. The van der Waals surface area contributed by atoms with Crippen molar-refractivity contribution in [3.05, 3.63) is 17.1 Å². The van der Waals surface area contributed by atoms with E-state index in [1.807, 2.05) is 0 Å². The maximum atomic E-state index is 4.73. The van der Waals surface area contributed by atoms with E-state index in [4.69, 9.17) is 9.97 Å². The fourth-order valence-corrected chi connectivity index (χ4v) is 2.17. The highest BCUT2D eigenvalue weighted by Crippen LogP contribution is 2.39. The second-order valence-corrected chi connectivity index (χ2v) is 6.11. The number of fused-ring (bicyclic) bond motifs is 1. The zero-order chi connectivity index (χ0) is 12.0. The van der Waals surface area contributed by atoms with Crippen molar-refractivity contribution in [3.8, 4) is 0 Å². The van der Waals surface area contributed by atoms with Crippen molar-refractivity contribution in [2.75, 3.05) is 5.32 Å². The molecule has 0 radical (unpaired) electrons. The highest BCUT2D eigenvalue weighted by atomic mass is 15.1. The van der Waals surface area contributed by atoms with Gasteiger partial charge in [0.15, 0.2) is 0 Å². The van der Waals surface area contributed by atoms with Crippen molar-refractivity contribution in [2.45, 2.75) is 58.2 Å². The number of rotatable bonds is 2. The quantitative estimate of drug-likeness (QED) is 0.820. The molecule has 2 N–H and O–H groups in total. The van der Waals surface area contributed by atoms with E-state index in [9.17, 15) is 0 Å². The SMILES string of the molecule is CC(C)(C)Nc1nc(C2CC2)nc2c1CNC2. The fourth-order valence-electron chi connectivity index (χ4n) is 2.17. The molecular weight excluding hydrogens is 212 g/mol. The van der Waals surface area contributed by atoms with Crippen molar-refractivity contribution >= 4 is 5.82 Å². The van der Waals surface area contributed by atoms with Crippen LogP contribution in [0.25, 0.3) is 0 Å². The molecule has 1 saturated carbocycles. The van der Waals surface area contributed by atoms with Crippen LogP contribution in [0.2, 0.25) is 0 Å². The molecule has 1 aromatic rings. The van der Waals surface area contributed by atoms with Gasteiger partial charge >= 0.3 is 0 Å². The minimum absolute atomic E-state index is 0.0472. The van der Waals surface area contributed by atoms with Gasteiger partial charge in [-0.15, -0.1) is 0 Å². The second kappa shape index (κ2) is 3.67. The van der Waals surface area contributed by atoms with Crippen LogP contribution in [0.4, 0.5) is 5.82 Å². The number of nitrogens with one attached hydrogen (secondary N) is 2. The van der Waals surface area contributed by atoms with Crippen LogP contribution in [0.5, 0.6) is 0 Å². The lowest BCUT2D eigenvalue weighted by molar-refractivity contribution is 0.627. The highest BCUT2D eigenvalue weighted by molar-refractivity contribution is 5.50. The minimum atomic E-state index is 0.0472. The highest BCUT2D eigenvalue weighted by Gasteiger charge is 2.30.